The van der Waals surface area contributed by atoms with Gasteiger partial charge in [0.1, 0.15) is 5.82 Å². The topological polar surface area (TPSA) is 85.3 Å². The Morgan fingerprint density at radius 1 is 1.47 bits per heavy atom. The Bertz CT molecular complexity index is 571. The summed E-state index contributed by atoms with van der Waals surface area (Å²) in [6, 6.07) is 6.79. The zero-order valence-electron chi connectivity index (χ0n) is 10.4. The van der Waals surface area contributed by atoms with Crippen molar-refractivity contribution in [2.45, 2.75) is 13.5 Å². The first-order valence-corrected chi connectivity index (χ1v) is 6.68. The van der Waals surface area contributed by atoms with Crippen LogP contribution in [-0.4, -0.2) is 16.5 Å². The van der Waals surface area contributed by atoms with Crippen LogP contribution in [0.2, 0.25) is 0 Å². The van der Waals surface area contributed by atoms with Crippen LogP contribution in [0.1, 0.15) is 11.8 Å². The highest BCUT2D eigenvalue weighted by atomic mass is 32.1. The van der Waals surface area contributed by atoms with Gasteiger partial charge in [0.15, 0.2) is 0 Å². The van der Waals surface area contributed by atoms with E-state index in [-0.39, 0.29) is 11.5 Å². The summed E-state index contributed by atoms with van der Waals surface area (Å²) in [5, 5.41) is 13.0. The van der Waals surface area contributed by atoms with Gasteiger partial charge in [0.2, 0.25) is 5.82 Å². The van der Waals surface area contributed by atoms with Crippen molar-refractivity contribution in [3.05, 3.63) is 44.6 Å². The van der Waals surface area contributed by atoms with Crippen molar-refractivity contribution in [3.63, 3.8) is 0 Å². The Kier molecular flexibility index (Phi) is 3.96. The number of nitrogen functional groups attached to an aromatic ring is 1. The molecular weight excluding hydrogens is 264 g/mol. The fraction of sp³-hybridized carbons (Fsp3) is 0.250. The molecule has 100 valence electrons. The van der Waals surface area contributed by atoms with Gasteiger partial charge < -0.3 is 10.6 Å². The Morgan fingerprint density at radius 2 is 2.26 bits per heavy atom. The van der Waals surface area contributed by atoms with Gasteiger partial charge in [-0.1, -0.05) is 6.07 Å². The first kappa shape index (κ1) is 13.3. The number of nitrogens with two attached hydrogens (primary N) is 1. The van der Waals surface area contributed by atoms with E-state index < -0.39 is 4.92 Å². The Labute approximate surface area is 114 Å². The van der Waals surface area contributed by atoms with E-state index in [1.54, 1.807) is 11.3 Å². The van der Waals surface area contributed by atoms with Crippen LogP contribution in [0.15, 0.2) is 29.6 Å². The predicted octanol–water partition coefficient (Wildman–Crippen LogP) is 2.66. The monoisotopic (exact) mass is 278 g/mol. The van der Waals surface area contributed by atoms with E-state index in [2.05, 4.69) is 4.98 Å². The van der Waals surface area contributed by atoms with Gasteiger partial charge in [0, 0.05) is 17.5 Å². The minimum Gasteiger partial charge on any atom is -0.384 e. The molecule has 2 aromatic heterocycles. The third kappa shape index (κ3) is 3.00. The molecule has 0 aromatic carbocycles. The summed E-state index contributed by atoms with van der Waals surface area (Å²) in [7, 11) is 0. The molecule has 0 atom stereocenters. The molecule has 7 heteroatoms. The summed E-state index contributed by atoms with van der Waals surface area (Å²) < 4.78 is 0. The number of aromatic nitrogens is 1. The van der Waals surface area contributed by atoms with Crippen LogP contribution in [0.3, 0.4) is 0 Å². The lowest BCUT2D eigenvalue weighted by molar-refractivity contribution is -0.384. The van der Waals surface area contributed by atoms with Crippen molar-refractivity contribution in [1.82, 2.24) is 4.98 Å². The van der Waals surface area contributed by atoms with Crippen LogP contribution in [-0.2, 0) is 6.54 Å². The summed E-state index contributed by atoms with van der Waals surface area (Å²) in [5.74, 6) is 0.603. The lowest BCUT2D eigenvalue weighted by Crippen LogP contribution is -2.24. The predicted molar refractivity (Wildman–Crippen MR) is 76.3 cm³/mol. The molecule has 19 heavy (non-hydrogen) atoms. The van der Waals surface area contributed by atoms with Gasteiger partial charge in [0.25, 0.3) is 0 Å². The number of pyridine rings is 1. The number of rotatable bonds is 5. The molecule has 2 N–H and O–H groups in total. The second-order valence-electron chi connectivity index (χ2n) is 3.93. The molecule has 0 amide bonds. The fourth-order valence-electron chi connectivity index (χ4n) is 1.76. The van der Waals surface area contributed by atoms with Crippen molar-refractivity contribution in [1.29, 1.82) is 0 Å². The minimum atomic E-state index is -0.432. The quantitative estimate of drug-likeness (QED) is 0.671. The summed E-state index contributed by atoms with van der Waals surface area (Å²) in [5.41, 5.74) is 5.62. The second-order valence-corrected chi connectivity index (χ2v) is 4.96. The molecular formula is C12H14N4O2S. The van der Waals surface area contributed by atoms with Gasteiger partial charge >= 0.3 is 5.69 Å². The number of anilines is 2. The average Bonchev–Trinajstić information content (AvgIpc) is 2.88. The Morgan fingerprint density at radius 3 is 2.84 bits per heavy atom. The number of hydrogen-bond donors (Lipinski definition) is 1. The van der Waals surface area contributed by atoms with E-state index in [0.717, 1.165) is 4.88 Å². The van der Waals surface area contributed by atoms with Crippen molar-refractivity contribution in [2.24, 2.45) is 0 Å². The summed E-state index contributed by atoms with van der Waals surface area (Å²) in [4.78, 5) is 17.7. The molecule has 0 aliphatic heterocycles. The van der Waals surface area contributed by atoms with Crippen molar-refractivity contribution >= 4 is 28.7 Å². The van der Waals surface area contributed by atoms with E-state index in [1.807, 2.05) is 29.3 Å². The molecule has 0 bridgehead atoms. The molecule has 2 rings (SSSR count). The summed E-state index contributed by atoms with van der Waals surface area (Å²) in [6.07, 6.45) is 0. The molecule has 0 aliphatic carbocycles. The smallest absolute Gasteiger partial charge is 0.311 e. The highest BCUT2D eigenvalue weighted by Crippen LogP contribution is 2.28. The molecule has 0 radical (unpaired) electrons. The number of thiophene rings is 1. The molecule has 0 spiro atoms. The van der Waals surface area contributed by atoms with E-state index in [0.29, 0.717) is 18.9 Å². The van der Waals surface area contributed by atoms with Gasteiger partial charge in [-0.05, 0) is 24.4 Å². The van der Waals surface area contributed by atoms with E-state index in [9.17, 15) is 10.1 Å². The second kappa shape index (κ2) is 5.66. The van der Waals surface area contributed by atoms with Crippen molar-refractivity contribution < 1.29 is 4.92 Å². The summed E-state index contributed by atoms with van der Waals surface area (Å²) >= 11 is 1.61. The number of hydrogen-bond acceptors (Lipinski definition) is 6. The molecule has 2 heterocycles. The van der Waals surface area contributed by atoms with Gasteiger partial charge in [-0.25, -0.2) is 4.98 Å². The molecule has 2 aromatic rings. The number of nitro groups is 1. The minimum absolute atomic E-state index is 0.0207. The maximum atomic E-state index is 11.1. The van der Waals surface area contributed by atoms with Gasteiger partial charge in [0.05, 0.1) is 11.5 Å². The molecule has 0 unspecified atom stereocenters. The maximum Gasteiger partial charge on any atom is 0.311 e. The SMILES string of the molecule is CCN(Cc1cccs1)c1nc(N)ccc1[N+](=O)[O-]. The van der Waals surface area contributed by atoms with Crippen LogP contribution < -0.4 is 10.6 Å². The Balaban J connectivity index is 2.36. The van der Waals surface area contributed by atoms with E-state index >= 15 is 0 Å². The lowest BCUT2D eigenvalue weighted by Gasteiger charge is -2.21. The van der Waals surface area contributed by atoms with Crippen molar-refractivity contribution in [2.75, 3.05) is 17.2 Å². The van der Waals surface area contributed by atoms with Crippen molar-refractivity contribution in [3.8, 4) is 0 Å². The summed E-state index contributed by atoms with van der Waals surface area (Å²) in [6.45, 7) is 3.14. The van der Waals surface area contributed by atoms with E-state index in [1.165, 1.54) is 12.1 Å². The van der Waals surface area contributed by atoms with Crippen LogP contribution in [0.4, 0.5) is 17.3 Å². The highest BCUT2D eigenvalue weighted by molar-refractivity contribution is 7.09. The zero-order chi connectivity index (χ0) is 13.8. The normalized spacial score (nSPS) is 10.4. The van der Waals surface area contributed by atoms with Gasteiger partial charge in [-0.2, -0.15) is 0 Å². The van der Waals surface area contributed by atoms with Crippen LogP contribution >= 0.6 is 11.3 Å². The third-order valence-corrected chi connectivity index (χ3v) is 3.54. The lowest BCUT2D eigenvalue weighted by atomic mass is 10.3. The molecule has 0 aliphatic rings. The molecule has 0 fully saturated rings. The molecule has 0 saturated carbocycles. The standard InChI is InChI=1S/C12H14N4O2S/c1-2-15(8-9-4-3-7-19-9)12-10(16(17)18)5-6-11(13)14-12/h3-7H,2,8H2,1H3,(H2,13,14). The van der Waals surface area contributed by atoms with Crippen LogP contribution in [0.25, 0.3) is 0 Å². The third-order valence-electron chi connectivity index (χ3n) is 2.68. The highest BCUT2D eigenvalue weighted by Gasteiger charge is 2.21. The first-order chi connectivity index (χ1) is 9.11. The molecule has 0 saturated heterocycles. The van der Waals surface area contributed by atoms with E-state index in [4.69, 9.17) is 5.73 Å². The van der Waals surface area contributed by atoms with Crippen LogP contribution in [0, 0.1) is 10.1 Å². The molecule has 6 nitrogen and oxygen atoms in total. The van der Waals surface area contributed by atoms with Gasteiger partial charge in [-0.15, -0.1) is 11.3 Å². The largest absolute Gasteiger partial charge is 0.384 e. The maximum absolute atomic E-state index is 11.1. The number of nitrogens with zero attached hydrogens (tertiary/aromatic N) is 3. The van der Waals surface area contributed by atoms with Crippen LogP contribution in [0.5, 0.6) is 0 Å². The van der Waals surface area contributed by atoms with Gasteiger partial charge in [-0.3, -0.25) is 10.1 Å². The Hall–Kier alpha value is -2.15. The zero-order valence-corrected chi connectivity index (χ0v) is 11.3. The fourth-order valence-corrected chi connectivity index (χ4v) is 2.48. The first-order valence-electron chi connectivity index (χ1n) is 5.80. The average molecular weight is 278 g/mol.